The maximum Gasteiger partial charge on any atom is 0.284 e. The number of thioether (sulfide) groups is 1. The number of carbonyl (C=O) groups excluding carboxylic acids is 1. The van der Waals surface area contributed by atoms with Crippen LogP contribution in [0.15, 0.2) is 50.7 Å². The lowest BCUT2D eigenvalue weighted by Crippen LogP contribution is -2.31. The van der Waals surface area contributed by atoms with Crippen molar-refractivity contribution in [2.45, 2.75) is 18.7 Å². The Morgan fingerprint density at radius 3 is 2.68 bits per heavy atom. The molecule has 9 heteroatoms. The van der Waals surface area contributed by atoms with Gasteiger partial charge in [0.05, 0.1) is 26.2 Å². The van der Waals surface area contributed by atoms with Crippen LogP contribution in [0.1, 0.15) is 12.5 Å². The van der Waals surface area contributed by atoms with Gasteiger partial charge in [-0.15, -0.1) is 10.2 Å². The number of ether oxygens (including phenoxy) is 2. The molecule has 3 aromatic rings. The minimum atomic E-state index is -0.0277. The number of rotatable bonds is 9. The molecule has 1 amide bonds. The van der Waals surface area contributed by atoms with E-state index >= 15 is 0 Å². The maximum absolute atomic E-state index is 12.6. The second-order valence-corrected chi connectivity index (χ2v) is 6.66. The van der Waals surface area contributed by atoms with E-state index in [4.69, 9.17) is 18.3 Å². The van der Waals surface area contributed by atoms with Crippen LogP contribution >= 0.6 is 11.8 Å². The molecule has 0 unspecified atom stereocenters. The number of methoxy groups -OCH3 is 2. The van der Waals surface area contributed by atoms with Gasteiger partial charge in [0.25, 0.3) is 11.1 Å². The summed E-state index contributed by atoms with van der Waals surface area (Å²) in [6, 6.07) is 9.09. The molecule has 0 N–H and O–H groups in total. The van der Waals surface area contributed by atoms with Gasteiger partial charge in [-0.25, -0.2) is 0 Å². The van der Waals surface area contributed by atoms with Gasteiger partial charge in [-0.3, -0.25) is 4.79 Å². The Hall–Kier alpha value is -2.94. The number of hydrogen-bond acceptors (Lipinski definition) is 8. The van der Waals surface area contributed by atoms with E-state index < -0.39 is 0 Å². The van der Waals surface area contributed by atoms with Crippen molar-refractivity contribution in [1.29, 1.82) is 0 Å². The van der Waals surface area contributed by atoms with Crippen LogP contribution in [0.25, 0.3) is 11.7 Å². The summed E-state index contributed by atoms with van der Waals surface area (Å²) < 4.78 is 21.3. The van der Waals surface area contributed by atoms with Gasteiger partial charge in [0, 0.05) is 13.1 Å². The molecule has 0 aliphatic carbocycles. The molecule has 0 aliphatic rings. The van der Waals surface area contributed by atoms with Crippen molar-refractivity contribution < 1.29 is 23.1 Å². The smallest absolute Gasteiger partial charge is 0.284 e. The lowest BCUT2D eigenvalue weighted by atomic mass is 10.2. The first-order chi connectivity index (χ1) is 13.6. The predicted molar refractivity (Wildman–Crippen MR) is 103 cm³/mol. The zero-order valence-corrected chi connectivity index (χ0v) is 16.7. The molecule has 3 rings (SSSR count). The van der Waals surface area contributed by atoms with Gasteiger partial charge in [-0.1, -0.05) is 17.8 Å². The Labute approximate surface area is 166 Å². The monoisotopic (exact) mass is 403 g/mol. The molecule has 0 fully saturated rings. The van der Waals surface area contributed by atoms with Crippen molar-refractivity contribution in [3.8, 4) is 23.1 Å². The van der Waals surface area contributed by atoms with E-state index in [0.717, 1.165) is 5.56 Å². The van der Waals surface area contributed by atoms with E-state index in [1.807, 2.05) is 25.1 Å². The summed E-state index contributed by atoms with van der Waals surface area (Å²) in [5.74, 6) is 2.24. The Balaban J connectivity index is 1.59. The minimum absolute atomic E-state index is 0.0277. The predicted octanol–water partition coefficient (Wildman–Crippen LogP) is 3.49. The van der Waals surface area contributed by atoms with Gasteiger partial charge in [-0.2, -0.15) is 0 Å². The summed E-state index contributed by atoms with van der Waals surface area (Å²) in [4.78, 5) is 14.4. The van der Waals surface area contributed by atoms with E-state index in [0.29, 0.717) is 35.6 Å². The molecule has 0 radical (unpaired) electrons. The summed E-state index contributed by atoms with van der Waals surface area (Å²) in [5, 5.41) is 8.18. The first-order valence-electron chi connectivity index (χ1n) is 8.63. The first-order valence-corrected chi connectivity index (χ1v) is 9.62. The summed E-state index contributed by atoms with van der Waals surface area (Å²) in [5.41, 5.74) is 0.954. The normalized spacial score (nSPS) is 10.7. The summed E-state index contributed by atoms with van der Waals surface area (Å²) in [6.07, 6.45) is 1.53. The van der Waals surface area contributed by atoms with Crippen LogP contribution in [-0.4, -0.2) is 47.5 Å². The molecule has 148 valence electrons. The quantitative estimate of drug-likeness (QED) is 0.502. The largest absolute Gasteiger partial charge is 0.493 e. The van der Waals surface area contributed by atoms with Crippen LogP contribution in [-0.2, 0) is 11.3 Å². The van der Waals surface area contributed by atoms with Crippen LogP contribution < -0.4 is 9.47 Å². The number of hydrogen-bond donors (Lipinski definition) is 0. The number of nitrogens with zero attached hydrogens (tertiary/aromatic N) is 3. The highest BCUT2D eigenvalue weighted by Crippen LogP contribution is 2.28. The van der Waals surface area contributed by atoms with Crippen LogP contribution in [0.5, 0.6) is 11.5 Å². The number of aromatic nitrogens is 2. The molecule has 8 nitrogen and oxygen atoms in total. The van der Waals surface area contributed by atoms with Crippen LogP contribution in [0.3, 0.4) is 0 Å². The van der Waals surface area contributed by atoms with E-state index in [-0.39, 0.29) is 17.6 Å². The minimum Gasteiger partial charge on any atom is -0.493 e. The van der Waals surface area contributed by atoms with Crippen LogP contribution in [0.2, 0.25) is 0 Å². The van der Waals surface area contributed by atoms with Gasteiger partial charge in [0.15, 0.2) is 17.3 Å². The highest BCUT2D eigenvalue weighted by atomic mass is 32.2. The number of amides is 1. The molecule has 28 heavy (non-hydrogen) atoms. The Morgan fingerprint density at radius 1 is 1.18 bits per heavy atom. The van der Waals surface area contributed by atoms with E-state index in [2.05, 4.69) is 10.2 Å². The maximum atomic E-state index is 12.6. The van der Waals surface area contributed by atoms with Crippen LogP contribution in [0.4, 0.5) is 0 Å². The highest BCUT2D eigenvalue weighted by Gasteiger charge is 2.17. The first kappa shape index (κ1) is 19.8. The Kier molecular flexibility index (Phi) is 6.59. The standard InChI is InChI=1S/C19H21N3O5S/c1-4-22(11-13-7-8-14(24-2)16(10-13)25-3)17(23)12-28-19-21-20-18(27-19)15-6-5-9-26-15/h5-10H,4,11-12H2,1-3H3. The van der Waals surface area contributed by atoms with Gasteiger partial charge in [0.1, 0.15) is 0 Å². The zero-order chi connectivity index (χ0) is 19.9. The molecule has 0 saturated carbocycles. The van der Waals surface area contributed by atoms with Crippen molar-refractivity contribution in [3.05, 3.63) is 42.2 Å². The second kappa shape index (κ2) is 9.32. The molecular formula is C19H21N3O5S. The van der Waals surface area contributed by atoms with Crippen molar-refractivity contribution >= 4 is 17.7 Å². The lowest BCUT2D eigenvalue weighted by molar-refractivity contribution is -0.128. The average Bonchev–Trinajstić information content (AvgIpc) is 3.41. The van der Waals surface area contributed by atoms with Gasteiger partial charge in [-0.05, 0) is 36.8 Å². The molecule has 2 aromatic heterocycles. The number of carbonyl (C=O) groups is 1. The fourth-order valence-corrected chi connectivity index (χ4v) is 3.22. The third kappa shape index (κ3) is 4.66. The number of furan rings is 1. The van der Waals surface area contributed by atoms with E-state index in [1.54, 1.807) is 31.3 Å². The van der Waals surface area contributed by atoms with Crippen LogP contribution in [0, 0.1) is 0 Å². The number of benzene rings is 1. The average molecular weight is 403 g/mol. The summed E-state index contributed by atoms with van der Waals surface area (Å²) >= 11 is 1.20. The zero-order valence-electron chi connectivity index (χ0n) is 15.9. The molecule has 0 aliphatic heterocycles. The molecule has 0 bridgehead atoms. The third-order valence-electron chi connectivity index (χ3n) is 4.01. The third-order valence-corrected chi connectivity index (χ3v) is 4.82. The van der Waals surface area contributed by atoms with E-state index in [1.165, 1.54) is 18.0 Å². The topological polar surface area (TPSA) is 90.8 Å². The van der Waals surface area contributed by atoms with E-state index in [9.17, 15) is 4.79 Å². The van der Waals surface area contributed by atoms with Crippen molar-refractivity contribution in [1.82, 2.24) is 15.1 Å². The molecular weight excluding hydrogens is 382 g/mol. The summed E-state index contributed by atoms with van der Waals surface area (Å²) in [6.45, 7) is 2.98. The summed E-state index contributed by atoms with van der Waals surface area (Å²) in [7, 11) is 3.17. The highest BCUT2D eigenvalue weighted by molar-refractivity contribution is 7.99. The fourth-order valence-electron chi connectivity index (χ4n) is 2.56. The van der Waals surface area contributed by atoms with Crippen molar-refractivity contribution in [2.75, 3.05) is 26.5 Å². The van der Waals surface area contributed by atoms with Gasteiger partial charge < -0.3 is 23.2 Å². The molecule has 0 atom stereocenters. The molecule has 1 aromatic carbocycles. The van der Waals surface area contributed by atoms with Crippen molar-refractivity contribution in [3.63, 3.8) is 0 Å². The Bertz CT molecular complexity index is 910. The molecule has 0 saturated heterocycles. The second-order valence-electron chi connectivity index (χ2n) is 5.74. The molecule has 0 spiro atoms. The SMILES string of the molecule is CCN(Cc1ccc(OC)c(OC)c1)C(=O)CSc1nnc(-c2ccco2)o1. The molecule has 2 heterocycles. The van der Waals surface area contributed by atoms with Gasteiger partial charge >= 0.3 is 0 Å². The van der Waals surface area contributed by atoms with Crippen molar-refractivity contribution in [2.24, 2.45) is 0 Å². The fraction of sp³-hybridized carbons (Fsp3) is 0.316. The lowest BCUT2D eigenvalue weighted by Gasteiger charge is -2.21. The van der Waals surface area contributed by atoms with Gasteiger partial charge in [0.2, 0.25) is 5.91 Å². The Morgan fingerprint density at radius 2 is 2.00 bits per heavy atom.